The van der Waals surface area contributed by atoms with Gasteiger partial charge < -0.3 is 10.6 Å². The van der Waals surface area contributed by atoms with Crippen LogP contribution in [0.4, 0.5) is 5.69 Å². The Morgan fingerprint density at radius 1 is 1.39 bits per heavy atom. The van der Waals surface area contributed by atoms with Crippen molar-refractivity contribution in [3.05, 3.63) is 28.2 Å². The van der Waals surface area contributed by atoms with Gasteiger partial charge in [-0.05, 0) is 38.0 Å². The largest absolute Gasteiger partial charge is 0.398 e. The molecule has 0 bridgehead atoms. The average Bonchev–Trinajstić information content (AvgIpc) is 2.53. The summed E-state index contributed by atoms with van der Waals surface area (Å²) in [6.45, 7) is 2.97. The van der Waals surface area contributed by atoms with Crippen LogP contribution < -0.4 is 5.73 Å². The van der Waals surface area contributed by atoms with Crippen LogP contribution in [0.15, 0.2) is 22.7 Å². The van der Waals surface area contributed by atoms with Crippen LogP contribution in [0.2, 0.25) is 0 Å². The monoisotopic (exact) mass is 310 g/mol. The molecule has 0 aliphatic carbocycles. The van der Waals surface area contributed by atoms with E-state index >= 15 is 0 Å². The highest BCUT2D eigenvalue weighted by atomic mass is 79.9. The van der Waals surface area contributed by atoms with Crippen LogP contribution in [0.5, 0.6) is 0 Å². The minimum absolute atomic E-state index is 0.0643. The lowest BCUT2D eigenvalue weighted by Gasteiger charge is -2.27. The molecule has 2 N–H and O–H groups in total. The molecule has 98 valence electrons. The number of nitrogens with two attached hydrogens (primary N) is 1. The first-order valence-electron chi connectivity index (χ1n) is 6.45. The third kappa shape index (κ3) is 2.86. The maximum absolute atomic E-state index is 12.5. The number of hydrogen-bond acceptors (Lipinski definition) is 2. The molecule has 18 heavy (non-hydrogen) atoms. The summed E-state index contributed by atoms with van der Waals surface area (Å²) >= 11 is 3.36. The maximum Gasteiger partial charge on any atom is 0.256 e. The van der Waals surface area contributed by atoms with Crippen molar-refractivity contribution in [1.82, 2.24) is 4.90 Å². The Morgan fingerprint density at radius 2 is 2.17 bits per heavy atom. The van der Waals surface area contributed by atoms with Crippen molar-refractivity contribution < 1.29 is 4.79 Å². The molecule has 0 saturated carbocycles. The first-order valence-corrected chi connectivity index (χ1v) is 7.25. The Morgan fingerprint density at radius 3 is 2.89 bits per heavy atom. The van der Waals surface area contributed by atoms with Crippen molar-refractivity contribution in [2.24, 2.45) is 0 Å². The average molecular weight is 311 g/mol. The third-order valence-corrected chi connectivity index (χ3v) is 4.05. The van der Waals surface area contributed by atoms with Crippen molar-refractivity contribution in [2.75, 3.05) is 12.3 Å². The van der Waals surface area contributed by atoms with Gasteiger partial charge in [-0.2, -0.15) is 0 Å². The number of rotatable bonds is 1. The number of likely N-dealkylation sites (tertiary alicyclic amines) is 1. The summed E-state index contributed by atoms with van der Waals surface area (Å²) < 4.78 is 0.903. The highest BCUT2D eigenvalue weighted by molar-refractivity contribution is 9.10. The molecule has 4 heteroatoms. The van der Waals surface area contributed by atoms with Gasteiger partial charge in [0.05, 0.1) is 5.56 Å². The summed E-state index contributed by atoms with van der Waals surface area (Å²) in [6, 6.07) is 5.77. The standard InChI is InChI=1S/C14H19BrN2O/c1-10-5-3-2-4-8-17(10)14(18)12-7-6-11(15)9-13(12)16/h6-7,9-10H,2-5,8,16H2,1H3. The quantitative estimate of drug-likeness (QED) is 0.808. The van der Waals surface area contributed by atoms with E-state index in [2.05, 4.69) is 22.9 Å². The molecule has 1 fully saturated rings. The zero-order valence-corrected chi connectivity index (χ0v) is 12.2. The molecule has 1 aromatic rings. The van der Waals surface area contributed by atoms with Crippen molar-refractivity contribution >= 4 is 27.5 Å². The number of anilines is 1. The Bertz CT molecular complexity index is 447. The van der Waals surface area contributed by atoms with Crippen LogP contribution in [0.3, 0.4) is 0 Å². The summed E-state index contributed by atoms with van der Waals surface area (Å²) in [6.07, 6.45) is 4.60. The predicted molar refractivity (Wildman–Crippen MR) is 77.5 cm³/mol. The topological polar surface area (TPSA) is 46.3 Å². The van der Waals surface area contributed by atoms with Gasteiger partial charge in [0, 0.05) is 22.7 Å². The van der Waals surface area contributed by atoms with E-state index in [-0.39, 0.29) is 5.91 Å². The molecule has 1 atom stereocenters. The molecule has 3 nitrogen and oxygen atoms in total. The Kier molecular flexibility index (Phi) is 4.27. The Labute approximate surface area is 116 Å². The number of carbonyl (C=O) groups is 1. The SMILES string of the molecule is CC1CCCCCN1C(=O)c1ccc(Br)cc1N. The van der Waals surface area contributed by atoms with Gasteiger partial charge in [-0.15, -0.1) is 0 Å². The summed E-state index contributed by atoms with van der Waals surface area (Å²) in [4.78, 5) is 14.5. The number of nitrogens with zero attached hydrogens (tertiary/aromatic N) is 1. The molecule has 1 unspecified atom stereocenters. The van der Waals surface area contributed by atoms with Gasteiger partial charge in [0.25, 0.3) is 5.91 Å². The van der Waals surface area contributed by atoms with E-state index < -0.39 is 0 Å². The van der Waals surface area contributed by atoms with E-state index in [1.165, 1.54) is 12.8 Å². The molecule has 1 amide bonds. The summed E-state index contributed by atoms with van der Waals surface area (Å²) in [7, 11) is 0. The fraction of sp³-hybridized carbons (Fsp3) is 0.500. The molecular weight excluding hydrogens is 292 g/mol. The molecule has 0 aromatic heterocycles. The lowest BCUT2D eigenvalue weighted by Crippen LogP contribution is -2.38. The molecule has 0 radical (unpaired) electrons. The molecule has 1 saturated heterocycles. The van der Waals surface area contributed by atoms with Gasteiger partial charge >= 0.3 is 0 Å². The molecular formula is C14H19BrN2O. The predicted octanol–water partition coefficient (Wildman–Crippen LogP) is 3.44. The van der Waals surface area contributed by atoms with Gasteiger partial charge in [-0.3, -0.25) is 4.79 Å². The maximum atomic E-state index is 12.5. The van der Waals surface area contributed by atoms with Crippen molar-refractivity contribution in [3.8, 4) is 0 Å². The van der Waals surface area contributed by atoms with E-state index in [0.29, 0.717) is 17.3 Å². The second kappa shape index (κ2) is 5.74. The van der Waals surface area contributed by atoms with Crippen LogP contribution in [-0.4, -0.2) is 23.4 Å². The van der Waals surface area contributed by atoms with Crippen molar-refractivity contribution in [2.45, 2.75) is 38.6 Å². The third-order valence-electron chi connectivity index (χ3n) is 3.56. The normalized spacial score (nSPS) is 20.6. The molecule has 0 spiro atoms. The molecule has 1 aromatic carbocycles. The summed E-state index contributed by atoms with van der Waals surface area (Å²) in [5.74, 6) is 0.0643. The van der Waals surface area contributed by atoms with E-state index in [9.17, 15) is 4.79 Å². The first kappa shape index (κ1) is 13.4. The number of benzene rings is 1. The molecule has 1 aliphatic heterocycles. The Hall–Kier alpha value is -1.03. The number of halogens is 1. The zero-order valence-electron chi connectivity index (χ0n) is 10.7. The van der Waals surface area contributed by atoms with Crippen LogP contribution >= 0.6 is 15.9 Å². The lowest BCUT2D eigenvalue weighted by molar-refractivity contribution is 0.0699. The highest BCUT2D eigenvalue weighted by Crippen LogP contribution is 2.23. The van der Waals surface area contributed by atoms with Crippen LogP contribution in [-0.2, 0) is 0 Å². The minimum Gasteiger partial charge on any atom is -0.398 e. The van der Waals surface area contributed by atoms with Gasteiger partial charge in [0.1, 0.15) is 0 Å². The Balaban J connectivity index is 2.23. The molecule has 1 heterocycles. The van der Waals surface area contributed by atoms with Gasteiger partial charge in [-0.1, -0.05) is 28.8 Å². The van der Waals surface area contributed by atoms with Crippen LogP contribution in [0.25, 0.3) is 0 Å². The number of carbonyl (C=O) groups excluding carboxylic acids is 1. The minimum atomic E-state index is 0.0643. The zero-order chi connectivity index (χ0) is 13.1. The summed E-state index contributed by atoms with van der Waals surface area (Å²) in [5.41, 5.74) is 7.10. The van der Waals surface area contributed by atoms with E-state index in [1.807, 2.05) is 11.0 Å². The van der Waals surface area contributed by atoms with Gasteiger partial charge in [0.15, 0.2) is 0 Å². The van der Waals surface area contributed by atoms with Gasteiger partial charge in [-0.25, -0.2) is 0 Å². The lowest BCUT2D eigenvalue weighted by atomic mass is 10.1. The van der Waals surface area contributed by atoms with Crippen molar-refractivity contribution in [1.29, 1.82) is 0 Å². The smallest absolute Gasteiger partial charge is 0.256 e. The molecule has 2 rings (SSSR count). The van der Waals surface area contributed by atoms with Crippen LogP contribution in [0, 0.1) is 0 Å². The fourth-order valence-corrected chi connectivity index (χ4v) is 2.84. The second-order valence-electron chi connectivity index (χ2n) is 4.93. The highest BCUT2D eigenvalue weighted by Gasteiger charge is 2.24. The van der Waals surface area contributed by atoms with Crippen LogP contribution in [0.1, 0.15) is 43.0 Å². The molecule has 1 aliphatic rings. The summed E-state index contributed by atoms with van der Waals surface area (Å²) in [5, 5.41) is 0. The van der Waals surface area contributed by atoms with E-state index in [0.717, 1.165) is 23.9 Å². The van der Waals surface area contributed by atoms with E-state index in [1.54, 1.807) is 12.1 Å². The first-order chi connectivity index (χ1) is 8.59. The number of nitrogen functional groups attached to an aromatic ring is 1. The number of amides is 1. The number of hydrogen-bond donors (Lipinski definition) is 1. The van der Waals surface area contributed by atoms with Gasteiger partial charge in [0.2, 0.25) is 0 Å². The van der Waals surface area contributed by atoms with Crippen molar-refractivity contribution in [3.63, 3.8) is 0 Å². The fourth-order valence-electron chi connectivity index (χ4n) is 2.46. The second-order valence-corrected chi connectivity index (χ2v) is 5.84. The van der Waals surface area contributed by atoms with E-state index in [4.69, 9.17) is 5.73 Å².